The van der Waals surface area contributed by atoms with E-state index in [1.165, 1.54) is 7.11 Å². The molecule has 1 aliphatic heterocycles. The molecule has 0 saturated carbocycles. The van der Waals surface area contributed by atoms with Gasteiger partial charge in [-0.05, 0) is 42.5 Å². The van der Waals surface area contributed by atoms with E-state index in [0.29, 0.717) is 45.0 Å². The number of methoxy groups -OCH3 is 1. The normalized spacial score (nSPS) is 12.0. The Labute approximate surface area is 177 Å². The molecule has 1 aliphatic rings. The Morgan fingerprint density at radius 2 is 1.71 bits per heavy atom. The molecule has 31 heavy (non-hydrogen) atoms. The second-order valence-corrected chi connectivity index (χ2v) is 6.85. The largest absolute Gasteiger partial charge is 0.496 e. The number of ketones is 1. The average molecular weight is 415 g/mol. The first-order valence-corrected chi connectivity index (χ1v) is 9.56. The van der Waals surface area contributed by atoms with Crippen molar-refractivity contribution in [3.8, 4) is 17.2 Å². The van der Waals surface area contributed by atoms with E-state index in [1.807, 2.05) is 6.07 Å². The lowest BCUT2D eigenvalue weighted by Gasteiger charge is -2.09. The highest BCUT2D eigenvalue weighted by Crippen LogP contribution is 2.36. The number of furan rings is 1. The predicted molar refractivity (Wildman–Crippen MR) is 113 cm³/mol. The van der Waals surface area contributed by atoms with Gasteiger partial charge in [0.05, 0.1) is 18.4 Å². The van der Waals surface area contributed by atoms with Gasteiger partial charge in [-0.1, -0.05) is 24.3 Å². The molecule has 154 valence electrons. The molecule has 7 nitrogen and oxygen atoms in total. The van der Waals surface area contributed by atoms with Gasteiger partial charge in [0.2, 0.25) is 12.6 Å². The van der Waals surface area contributed by atoms with Crippen molar-refractivity contribution in [2.75, 3.05) is 19.2 Å². The van der Waals surface area contributed by atoms with Gasteiger partial charge in [0.15, 0.2) is 17.3 Å². The fourth-order valence-corrected chi connectivity index (χ4v) is 3.51. The fraction of sp³-hybridized carbons (Fsp3) is 0.0833. The fourth-order valence-electron chi connectivity index (χ4n) is 3.51. The predicted octanol–water partition coefficient (Wildman–Crippen LogP) is 4.65. The zero-order chi connectivity index (χ0) is 21.4. The van der Waals surface area contributed by atoms with Crippen molar-refractivity contribution in [3.63, 3.8) is 0 Å². The second kappa shape index (κ2) is 7.53. The third-order valence-electron chi connectivity index (χ3n) is 5.03. The Bertz CT molecular complexity index is 1320. The van der Waals surface area contributed by atoms with Crippen LogP contribution in [-0.4, -0.2) is 25.6 Å². The Kier molecular flexibility index (Phi) is 4.55. The molecule has 0 fully saturated rings. The van der Waals surface area contributed by atoms with Gasteiger partial charge in [0, 0.05) is 10.9 Å². The molecule has 5 rings (SSSR count). The van der Waals surface area contributed by atoms with Gasteiger partial charge in [-0.15, -0.1) is 0 Å². The number of hydrogen-bond donors (Lipinski definition) is 1. The highest BCUT2D eigenvalue weighted by Gasteiger charge is 2.26. The number of nitrogens with one attached hydrogen (secondary N) is 1. The molecule has 0 unspecified atom stereocenters. The first-order chi connectivity index (χ1) is 15.2. The second-order valence-electron chi connectivity index (χ2n) is 6.85. The molecule has 0 bridgehead atoms. The molecule has 0 radical (unpaired) electrons. The van der Waals surface area contributed by atoms with Gasteiger partial charge in [0.1, 0.15) is 11.3 Å². The van der Waals surface area contributed by atoms with E-state index < -0.39 is 5.91 Å². The minimum atomic E-state index is -0.413. The van der Waals surface area contributed by atoms with Crippen LogP contribution in [0.1, 0.15) is 26.5 Å². The summed E-state index contributed by atoms with van der Waals surface area (Å²) < 4.78 is 21.8. The molecule has 1 N–H and O–H groups in total. The standard InChI is InChI=1S/C24H17NO6/c1-28-17-8-4-3-7-16(17)24(27)25-21-15-6-2-5-9-18(15)31-23(21)22(26)14-10-11-19-20(12-14)30-13-29-19/h2-12H,13H2,1H3,(H,25,27). The number of carbonyl (C=O) groups is 2. The van der Waals surface area contributed by atoms with Crippen molar-refractivity contribution in [1.82, 2.24) is 0 Å². The Balaban J connectivity index is 1.57. The van der Waals surface area contributed by atoms with E-state index >= 15 is 0 Å². The van der Waals surface area contributed by atoms with Crippen molar-refractivity contribution < 1.29 is 28.2 Å². The zero-order valence-electron chi connectivity index (χ0n) is 16.5. The van der Waals surface area contributed by atoms with Crippen LogP contribution < -0.4 is 19.5 Å². The summed E-state index contributed by atoms with van der Waals surface area (Å²) in [5, 5.41) is 3.46. The van der Waals surface area contributed by atoms with Gasteiger partial charge in [0.25, 0.3) is 5.91 Å². The van der Waals surface area contributed by atoms with Crippen LogP contribution in [0.3, 0.4) is 0 Å². The first kappa shape index (κ1) is 18.7. The molecule has 1 amide bonds. The smallest absolute Gasteiger partial charge is 0.259 e. The lowest BCUT2D eigenvalue weighted by Crippen LogP contribution is -2.15. The summed E-state index contributed by atoms with van der Waals surface area (Å²) in [5.74, 6) is 0.723. The topological polar surface area (TPSA) is 87.0 Å². The quantitative estimate of drug-likeness (QED) is 0.478. The van der Waals surface area contributed by atoms with Gasteiger partial charge in [-0.3, -0.25) is 9.59 Å². The van der Waals surface area contributed by atoms with Crippen molar-refractivity contribution in [1.29, 1.82) is 0 Å². The number of hydrogen-bond acceptors (Lipinski definition) is 6. The molecule has 0 aliphatic carbocycles. The van der Waals surface area contributed by atoms with E-state index in [4.69, 9.17) is 18.6 Å². The minimum absolute atomic E-state index is 0.0308. The number of anilines is 1. The van der Waals surface area contributed by atoms with Crippen LogP contribution in [0.5, 0.6) is 17.2 Å². The number of ether oxygens (including phenoxy) is 3. The Morgan fingerprint density at radius 1 is 0.935 bits per heavy atom. The highest BCUT2D eigenvalue weighted by molar-refractivity contribution is 6.19. The average Bonchev–Trinajstić information content (AvgIpc) is 3.43. The molecule has 4 aromatic rings. The molecule has 0 spiro atoms. The number of benzene rings is 3. The van der Waals surface area contributed by atoms with Crippen LogP contribution >= 0.6 is 0 Å². The van der Waals surface area contributed by atoms with Crippen molar-refractivity contribution >= 4 is 28.3 Å². The Morgan fingerprint density at radius 3 is 2.58 bits per heavy atom. The van der Waals surface area contributed by atoms with E-state index in [0.717, 1.165) is 0 Å². The van der Waals surface area contributed by atoms with Gasteiger partial charge < -0.3 is 23.9 Å². The third-order valence-corrected chi connectivity index (χ3v) is 5.03. The van der Waals surface area contributed by atoms with Crippen LogP contribution in [0.2, 0.25) is 0 Å². The molecule has 0 atom stereocenters. The van der Waals surface area contributed by atoms with Gasteiger partial charge in [-0.25, -0.2) is 0 Å². The van der Waals surface area contributed by atoms with Crippen LogP contribution in [0.25, 0.3) is 11.0 Å². The summed E-state index contributed by atoms with van der Waals surface area (Å²) in [4.78, 5) is 26.3. The first-order valence-electron chi connectivity index (χ1n) is 9.56. The molecule has 1 aromatic heterocycles. The summed E-state index contributed by atoms with van der Waals surface area (Å²) >= 11 is 0. The van der Waals surface area contributed by atoms with E-state index in [2.05, 4.69) is 5.32 Å². The highest BCUT2D eigenvalue weighted by atomic mass is 16.7. The SMILES string of the molecule is COc1ccccc1C(=O)Nc1c(C(=O)c2ccc3c(c2)OCO3)oc2ccccc12. The summed E-state index contributed by atoms with van der Waals surface area (Å²) in [6, 6.07) is 18.9. The maximum atomic E-state index is 13.3. The molecular formula is C24H17NO6. The molecular weight excluding hydrogens is 398 g/mol. The van der Waals surface area contributed by atoms with Crippen molar-refractivity contribution in [2.24, 2.45) is 0 Å². The van der Waals surface area contributed by atoms with Crippen LogP contribution in [-0.2, 0) is 0 Å². The number of fused-ring (bicyclic) bond motifs is 2. The van der Waals surface area contributed by atoms with Crippen molar-refractivity contribution in [2.45, 2.75) is 0 Å². The summed E-state index contributed by atoms with van der Waals surface area (Å²) in [6.07, 6.45) is 0. The monoisotopic (exact) mass is 415 g/mol. The van der Waals surface area contributed by atoms with Crippen LogP contribution in [0, 0.1) is 0 Å². The molecule has 0 saturated heterocycles. The van der Waals surface area contributed by atoms with Crippen LogP contribution in [0.4, 0.5) is 5.69 Å². The maximum absolute atomic E-state index is 13.3. The van der Waals surface area contributed by atoms with Crippen molar-refractivity contribution in [3.05, 3.63) is 83.6 Å². The van der Waals surface area contributed by atoms with E-state index in [9.17, 15) is 9.59 Å². The number of carbonyl (C=O) groups excluding carboxylic acids is 2. The van der Waals surface area contributed by atoms with Crippen LogP contribution in [0.15, 0.2) is 71.1 Å². The minimum Gasteiger partial charge on any atom is -0.496 e. The molecule has 2 heterocycles. The Hall–Kier alpha value is -4.26. The molecule has 3 aromatic carbocycles. The van der Waals surface area contributed by atoms with E-state index in [1.54, 1.807) is 60.7 Å². The summed E-state index contributed by atoms with van der Waals surface area (Å²) in [7, 11) is 1.49. The van der Waals surface area contributed by atoms with E-state index in [-0.39, 0.29) is 18.3 Å². The number of para-hydroxylation sites is 2. The van der Waals surface area contributed by atoms with Gasteiger partial charge in [-0.2, -0.15) is 0 Å². The summed E-state index contributed by atoms with van der Waals surface area (Å²) in [5.41, 5.74) is 1.49. The lowest BCUT2D eigenvalue weighted by atomic mass is 10.1. The third kappa shape index (κ3) is 3.26. The number of rotatable bonds is 5. The number of amides is 1. The zero-order valence-corrected chi connectivity index (χ0v) is 16.5. The lowest BCUT2D eigenvalue weighted by molar-refractivity contribution is 0.101. The summed E-state index contributed by atoms with van der Waals surface area (Å²) in [6.45, 7) is 0.109. The maximum Gasteiger partial charge on any atom is 0.259 e. The molecule has 7 heteroatoms. The van der Waals surface area contributed by atoms with Gasteiger partial charge >= 0.3 is 0 Å².